The van der Waals surface area contributed by atoms with Crippen LogP contribution in [0.25, 0.3) is 21.9 Å². The number of nitriles is 1. The molecular formula is C29H28ClF3N10. The van der Waals surface area contributed by atoms with Crippen molar-refractivity contribution in [1.82, 2.24) is 35.0 Å². The van der Waals surface area contributed by atoms with Gasteiger partial charge in [-0.25, -0.2) is 9.36 Å². The quantitative estimate of drug-likeness (QED) is 0.219. The summed E-state index contributed by atoms with van der Waals surface area (Å²) in [6.45, 7) is 6.81. The van der Waals surface area contributed by atoms with Crippen molar-refractivity contribution in [3.8, 4) is 6.07 Å². The molecule has 1 saturated carbocycles. The average molecular weight is 609 g/mol. The summed E-state index contributed by atoms with van der Waals surface area (Å²) in [5.41, 5.74) is 2.11. The van der Waals surface area contributed by atoms with Crippen molar-refractivity contribution in [3.63, 3.8) is 0 Å². The van der Waals surface area contributed by atoms with Crippen molar-refractivity contribution in [2.75, 3.05) is 17.2 Å². The first kappa shape index (κ1) is 28.7. The fourth-order valence-corrected chi connectivity index (χ4v) is 5.47. The van der Waals surface area contributed by atoms with Gasteiger partial charge in [-0.15, -0.1) is 10.2 Å². The van der Waals surface area contributed by atoms with E-state index < -0.39 is 17.8 Å². The molecule has 3 aromatic heterocycles. The molecule has 1 unspecified atom stereocenters. The topological polar surface area (TPSA) is 122 Å². The van der Waals surface area contributed by atoms with Gasteiger partial charge in [0.25, 0.3) is 0 Å². The standard InChI is InChI=1S/C29H28ClF3N10/c1-27(2,3)15-36-23-16(12-34)13-35-24-19(23)10-17(11-20(24)30)37-25(18-6-5-7-21-26(18)42(4)40-38-21)22-14-43(41-39-22)28(8-9-28)29(31,32)33/h5-7,10-11,13-14,25,37H,8-9,15H2,1-4H3,(H,35,36). The highest BCUT2D eigenvalue weighted by molar-refractivity contribution is 6.35. The third kappa shape index (κ3) is 5.09. The van der Waals surface area contributed by atoms with E-state index in [1.165, 1.54) is 12.4 Å². The summed E-state index contributed by atoms with van der Waals surface area (Å²) in [5, 5.41) is 34.1. The predicted molar refractivity (Wildman–Crippen MR) is 157 cm³/mol. The molecule has 6 rings (SSSR count). The summed E-state index contributed by atoms with van der Waals surface area (Å²) < 4.78 is 44.3. The Kier molecular flexibility index (Phi) is 6.72. The fourth-order valence-electron chi connectivity index (χ4n) is 5.20. The highest BCUT2D eigenvalue weighted by Gasteiger charge is 2.66. The summed E-state index contributed by atoms with van der Waals surface area (Å²) in [6.07, 6.45) is -1.75. The van der Waals surface area contributed by atoms with Crippen LogP contribution >= 0.6 is 11.6 Å². The summed E-state index contributed by atoms with van der Waals surface area (Å²) >= 11 is 6.73. The maximum Gasteiger partial charge on any atom is 0.413 e. The zero-order valence-electron chi connectivity index (χ0n) is 23.8. The van der Waals surface area contributed by atoms with Gasteiger partial charge >= 0.3 is 6.18 Å². The van der Waals surface area contributed by atoms with Crippen LogP contribution in [0, 0.1) is 16.7 Å². The Morgan fingerprint density at radius 2 is 1.91 bits per heavy atom. The third-order valence-corrected chi connectivity index (χ3v) is 7.90. The van der Waals surface area contributed by atoms with Gasteiger partial charge < -0.3 is 10.6 Å². The van der Waals surface area contributed by atoms with E-state index in [-0.39, 0.29) is 24.0 Å². The highest BCUT2D eigenvalue weighted by atomic mass is 35.5. The molecule has 2 N–H and O–H groups in total. The fraction of sp³-hybridized carbons (Fsp3) is 0.379. The van der Waals surface area contributed by atoms with Crippen LogP contribution in [0.15, 0.2) is 42.7 Å². The lowest BCUT2D eigenvalue weighted by molar-refractivity contribution is -0.182. The molecule has 0 saturated heterocycles. The summed E-state index contributed by atoms with van der Waals surface area (Å²) in [5.74, 6) is 0. The Morgan fingerprint density at radius 1 is 1.14 bits per heavy atom. The first-order valence-electron chi connectivity index (χ1n) is 13.6. The maximum atomic E-state index is 13.9. The Labute approximate surface area is 249 Å². The molecule has 1 atom stereocenters. The number of nitrogens with one attached hydrogen (secondary N) is 2. The smallest absolute Gasteiger partial charge is 0.383 e. The van der Waals surface area contributed by atoms with Crippen LogP contribution in [0.4, 0.5) is 24.5 Å². The molecule has 222 valence electrons. The van der Waals surface area contributed by atoms with Crippen LogP contribution < -0.4 is 10.6 Å². The molecule has 0 spiro atoms. The lowest BCUT2D eigenvalue weighted by Crippen LogP contribution is -2.35. The number of rotatable bonds is 7. The molecule has 0 aliphatic heterocycles. The van der Waals surface area contributed by atoms with E-state index in [9.17, 15) is 18.4 Å². The van der Waals surface area contributed by atoms with Crippen molar-refractivity contribution < 1.29 is 13.2 Å². The number of hydrogen-bond donors (Lipinski definition) is 2. The molecule has 10 nitrogen and oxygen atoms in total. The van der Waals surface area contributed by atoms with Gasteiger partial charge in [0.05, 0.1) is 39.5 Å². The van der Waals surface area contributed by atoms with Crippen LogP contribution in [0.3, 0.4) is 0 Å². The van der Waals surface area contributed by atoms with Crippen LogP contribution in [0.1, 0.15) is 56.5 Å². The Hall–Kier alpha value is -4.44. The second-order valence-electron chi connectivity index (χ2n) is 12.0. The minimum atomic E-state index is -4.46. The van der Waals surface area contributed by atoms with Gasteiger partial charge in [-0.3, -0.25) is 4.98 Å². The highest BCUT2D eigenvalue weighted by Crippen LogP contribution is 2.55. The molecular weight excluding hydrogens is 581 g/mol. The monoisotopic (exact) mass is 608 g/mol. The molecule has 0 radical (unpaired) electrons. The summed E-state index contributed by atoms with van der Waals surface area (Å²) in [7, 11) is 1.74. The van der Waals surface area contributed by atoms with Crippen molar-refractivity contribution in [1.29, 1.82) is 5.26 Å². The molecule has 1 aliphatic rings. The van der Waals surface area contributed by atoms with Crippen LogP contribution in [-0.4, -0.2) is 47.7 Å². The van der Waals surface area contributed by atoms with Crippen LogP contribution in [-0.2, 0) is 12.6 Å². The number of fused-ring (bicyclic) bond motifs is 2. The Morgan fingerprint density at radius 3 is 2.58 bits per heavy atom. The minimum Gasteiger partial charge on any atom is -0.383 e. The molecule has 1 aliphatic carbocycles. The number of alkyl halides is 3. The first-order valence-corrected chi connectivity index (χ1v) is 14.0. The normalized spacial score (nSPS) is 15.4. The first-order chi connectivity index (χ1) is 20.3. The van der Waals surface area contributed by atoms with Crippen LogP contribution in [0.5, 0.6) is 0 Å². The maximum absolute atomic E-state index is 13.9. The summed E-state index contributed by atoms with van der Waals surface area (Å²) in [6, 6.07) is 10.4. The Bertz CT molecular complexity index is 1890. The van der Waals surface area contributed by atoms with Gasteiger partial charge in [0.15, 0.2) is 5.54 Å². The molecule has 0 amide bonds. The minimum absolute atomic E-state index is 0.0581. The lowest BCUT2D eigenvalue weighted by atomic mass is 9.96. The average Bonchev–Trinajstić information content (AvgIpc) is 3.49. The third-order valence-electron chi connectivity index (χ3n) is 7.62. The Balaban J connectivity index is 1.49. The number of aryl methyl sites for hydroxylation is 1. The second kappa shape index (κ2) is 10.1. The van der Waals surface area contributed by atoms with Crippen molar-refractivity contribution in [2.45, 2.75) is 51.4 Å². The predicted octanol–water partition coefficient (Wildman–Crippen LogP) is 6.34. The molecule has 2 aromatic carbocycles. The molecule has 0 bridgehead atoms. The number of hydrogen-bond acceptors (Lipinski definition) is 8. The summed E-state index contributed by atoms with van der Waals surface area (Å²) in [4.78, 5) is 4.42. The van der Waals surface area contributed by atoms with Crippen molar-refractivity contribution in [3.05, 3.63) is 64.6 Å². The van der Waals surface area contributed by atoms with Gasteiger partial charge in [0, 0.05) is 36.4 Å². The molecule has 14 heteroatoms. The van der Waals surface area contributed by atoms with E-state index in [1.54, 1.807) is 29.9 Å². The number of halogens is 4. The van der Waals surface area contributed by atoms with E-state index in [0.29, 0.717) is 56.0 Å². The van der Waals surface area contributed by atoms with Crippen molar-refractivity contribution in [2.24, 2.45) is 12.5 Å². The van der Waals surface area contributed by atoms with E-state index in [1.807, 2.05) is 12.1 Å². The number of benzene rings is 2. The van der Waals surface area contributed by atoms with Gasteiger partial charge in [0.2, 0.25) is 0 Å². The number of para-hydroxylation sites is 1. The van der Waals surface area contributed by atoms with Crippen molar-refractivity contribution >= 4 is 44.9 Å². The van der Waals surface area contributed by atoms with Gasteiger partial charge in [0.1, 0.15) is 17.3 Å². The van der Waals surface area contributed by atoms with E-state index in [4.69, 9.17) is 11.6 Å². The van der Waals surface area contributed by atoms with Gasteiger partial charge in [-0.05, 0) is 36.5 Å². The zero-order chi connectivity index (χ0) is 30.7. The molecule has 3 heterocycles. The lowest BCUT2D eigenvalue weighted by Gasteiger charge is -2.23. The van der Waals surface area contributed by atoms with Gasteiger partial charge in [-0.2, -0.15) is 18.4 Å². The van der Waals surface area contributed by atoms with E-state index in [2.05, 4.69) is 63.1 Å². The number of anilines is 2. The molecule has 43 heavy (non-hydrogen) atoms. The van der Waals surface area contributed by atoms with E-state index >= 15 is 0 Å². The number of pyridine rings is 1. The van der Waals surface area contributed by atoms with Gasteiger partial charge in [-0.1, -0.05) is 54.9 Å². The van der Waals surface area contributed by atoms with E-state index in [0.717, 1.165) is 4.68 Å². The molecule has 5 aromatic rings. The number of nitrogens with zero attached hydrogens (tertiary/aromatic N) is 8. The molecule has 1 fully saturated rings. The largest absolute Gasteiger partial charge is 0.413 e. The van der Waals surface area contributed by atoms with Crippen LogP contribution in [0.2, 0.25) is 5.02 Å². The second-order valence-corrected chi connectivity index (χ2v) is 12.5. The SMILES string of the molecule is Cn1nnc2cccc(C(Nc3cc(Cl)c4ncc(C#N)c(NCC(C)(C)C)c4c3)c3cn(C4(C(F)(F)F)CC4)nn3)c21. The number of aromatic nitrogens is 7. The zero-order valence-corrected chi connectivity index (χ0v) is 24.6.